The van der Waals surface area contributed by atoms with Crippen molar-refractivity contribution in [2.24, 2.45) is 12.8 Å². The molecule has 3 aromatic carbocycles. The fourth-order valence-electron chi connectivity index (χ4n) is 4.99. The van der Waals surface area contributed by atoms with Gasteiger partial charge in [0.1, 0.15) is 11.5 Å². The molecule has 1 aliphatic rings. The summed E-state index contributed by atoms with van der Waals surface area (Å²) in [6.07, 6.45) is -2.01. The zero-order valence-electron chi connectivity index (χ0n) is 22.9. The van der Waals surface area contributed by atoms with Crippen molar-refractivity contribution in [1.82, 2.24) is 14.8 Å². The van der Waals surface area contributed by atoms with Crippen LogP contribution in [0.4, 0.5) is 13.2 Å². The number of halogens is 3. The van der Waals surface area contributed by atoms with E-state index in [-0.39, 0.29) is 34.4 Å². The Morgan fingerprint density at radius 1 is 1.02 bits per heavy atom. The Hall–Kier alpha value is -4.75. The number of fused-ring (bicyclic) bond motifs is 1. The second-order valence-corrected chi connectivity index (χ2v) is 10.5. The maximum absolute atomic E-state index is 15.0. The lowest BCUT2D eigenvalue weighted by atomic mass is 9.93. The van der Waals surface area contributed by atoms with Crippen molar-refractivity contribution in [3.63, 3.8) is 0 Å². The highest BCUT2D eigenvalue weighted by molar-refractivity contribution is 7.98. The van der Waals surface area contributed by atoms with E-state index < -0.39 is 24.6 Å². The first-order valence-corrected chi connectivity index (χ1v) is 14.0. The Balaban J connectivity index is 1.57. The Morgan fingerprint density at radius 2 is 1.77 bits per heavy atom. The number of aliphatic hydroxyl groups is 1. The van der Waals surface area contributed by atoms with Crippen LogP contribution in [0.25, 0.3) is 45.0 Å². The number of hydrogen-bond acceptors (Lipinski definition) is 8. The number of amides is 1. The predicted molar refractivity (Wildman–Crippen MR) is 152 cm³/mol. The molecule has 0 bridgehead atoms. The van der Waals surface area contributed by atoms with E-state index in [0.29, 0.717) is 44.1 Å². The zero-order valence-corrected chi connectivity index (χ0v) is 23.8. The lowest BCUT2D eigenvalue weighted by Crippen LogP contribution is -2.25. The summed E-state index contributed by atoms with van der Waals surface area (Å²) in [6, 6.07) is 14.3. The van der Waals surface area contributed by atoms with E-state index in [4.69, 9.17) is 10.2 Å². The number of hydrogen-bond donors (Lipinski definition) is 2. The third-order valence-corrected chi connectivity index (χ3v) is 7.75. The molecule has 0 aliphatic carbocycles. The average Bonchev–Trinajstić information content (AvgIpc) is 3.64. The number of carbonyl (C=O) groups is 1. The minimum Gasteiger partial charge on any atom is -0.440 e. The molecule has 0 spiro atoms. The van der Waals surface area contributed by atoms with Crippen molar-refractivity contribution in [2.45, 2.75) is 24.7 Å². The van der Waals surface area contributed by atoms with E-state index >= 15 is 4.39 Å². The number of oxazole rings is 1. The van der Waals surface area contributed by atoms with Gasteiger partial charge in [-0.1, -0.05) is 12.1 Å². The lowest BCUT2D eigenvalue weighted by Gasteiger charge is -2.14. The molecular weight excluding hydrogens is 585 g/mol. The van der Waals surface area contributed by atoms with E-state index in [1.807, 2.05) is 0 Å². The first-order chi connectivity index (χ1) is 20.5. The molecule has 0 atom stereocenters. The molecule has 13 heteroatoms. The van der Waals surface area contributed by atoms with Crippen LogP contribution in [-0.4, -0.2) is 38.3 Å². The van der Waals surface area contributed by atoms with Gasteiger partial charge in [-0.15, -0.1) is 20.5 Å². The molecule has 6 rings (SSSR count). The molecule has 3 N–H and O–H groups in total. The number of nitrogens with zero attached hydrogens (tertiary/aromatic N) is 3. The molecule has 3 heterocycles. The third kappa shape index (κ3) is 5.10. The summed E-state index contributed by atoms with van der Waals surface area (Å²) >= 11 is 1.30. The summed E-state index contributed by atoms with van der Waals surface area (Å²) in [7, 11) is 1.65. The van der Waals surface area contributed by atoms with Crippen molar-refractivity contribution < 1.29 is 37.0 Å². The van der Waals surface area contributed by atoms with Crippen LogP contribution in [0.3, 0.4) is 0 Å². The number of aryl methyl sites for hydroxylation is 2. The molecule has 1 amide bonds. The number of ether oxygens (including phenoxy) is 2. The minimum absolute atomic E-state index is 0.0458. The predicted octanol–water partition coefficient (Wildman–Crippen LogP) is 6.16. The molecule has 2 aromatic heterocycles. The Kier molecular flexibility index (Phi) is 6.93. The maximum Gasteiger partial charge on any atom is 0.586 e. The second kappa shape index (κ2) is 10.5. The van der Waals surface area contributed by atoms with E-state index in [9.17, 15) is 18.7 Å². The molecule has 0 radical (unpaired) electrons. The molecule has 5 aromatic rings. The van der Waals surface area contributed by atoms with Gasteiger partial charge in [-0.2, -0.15) is 5.10 Å². The number of benzene rings is 3. The fourth-order valence-corrected chi connectivity index (χ4v) is 5.64. The highest BCUT2D eigenvalue weighted by Crippen LogP contribution is 2.46. The smallest absolute Gasteiger partial charge is 0.440 e. The SMILES string of the molecule is CSc1cc(-c2ccc(-c3cc(C(N)=O)nn3C)c(-c3oc(C)nc3-c3ccc4c(c3)OC(F)(F)O4)c2)cc(F)c1CO. The molecule has 220 valence electrons. The van der Waals surface area contributed by atoms with E-state index in [0.717, 1.165) is 0 Å². The topological polar surface area (TPSA) is 126 Å². The number of rotatable bonds is 7. The number of thioether (sulfide) groups is 1. The van der Waals surface area contributed by atoms with Crippen molar-refractivity contribution in [2.75, 3.05) is 6.26 Å². The van der Waals surface area contributed by atoms with Crippen LogP contribution in [0, 0.1) is 12.7 Å². The van der Waals surface area contributed by atoms with Crippen LogP contribution in [0.15, 0.2) is 63.9 Å². The number of aliphatic hydroxyl groups excluding tert-OH is 1. The second-order valence-electron chi connectivity index (χ2n) is 9.70. The Bertz CT molecular complexity index is 1920. The molecule has 43 heavy (non-hydrogen) atoms. The van der Waals surface area contributed by atoms with Gasteiger partial charge < -0.3 is 24.7 Å². The summed E-state index contributed by atoms with van der Waals surface area (Å²) in [5.41, 5.74) is 9.20. The molecule has 1 aliphatic heterocycles. The summed E-state index contributed by atoms with van der Waals surface area (Å²) < 4.78 is 59.2. The third-order valence-electron chi connectivity index (χ3n) is 6.95. The Morgan fingerprint density at radius 3 is 2.47 bits per heavy atom. The quantitative estimate of drug-likeness (QED) is 0.211. The summed E-state index contributed by atoms with van der Waals surface area (Å²) in [5.74, 6) is -0.983. The van der Waals surface area contributed by atoms with Crippen LogP contribution in [-0.2, 0) is 13.7 Å². The van der Waals surface area contributed by atoms with Crippen molar-refractivity contribution in [3.05, 3.63) is 77.6 Å². The highest BCUT2D eigenvalue weighted by Gasteiger charge is 2.43. The normalized spacial score (nSPS) is 13.5. The van der Waals surface area contributed by atoms with E-state index in [1.165, 1.54) is 40.7 Å². The van der Waals surface area contributed by atoms with Crippen LogP contribution in [0.5, 0.6) is 11.5 Å². The molecular formula is C30H23F3N4O5S. The van der Waals surface area contributed by atoms with Gasteiger partial charge in [-0.05, 0) is 59.8 Å². The van der Waals surface area contributed by atoms with Gasteiger partial charge in [0.05, 0.1) is 12.3 Å². The van der Waals surface area contributed by atoms with Gasteiger partial charge >= 0.3 is 6.29 Å². The first-order valence-electron chi connectivity index (χ1n) is 12.8. The van der Waals surface area contributed by atoms with Gasteiger partial charge in [0.2, 0.25) is 0 Å². The number of carbonyl (C=O) groups excluding carboxylic acids is 1. The van der Waals surface area contributed by atoms with Gasteiger partial charge in [0, 0.05) is 41.1 Å². The average molecular weight is 609 g/mol. The molecule has 0 fully saturated rings. The Labute approximate surface area is 247 Å². The van der Waals surface area contributed by atoms with Crippen LogP contribution in [0.2, 0.25) is 0 Å². The summed E-state index contributed by atoms with van der Waals surface area (Å²) in [5, 5.41) is 13.9. The number of nitrogens with two attached hydrogens (primary N) is 1. The maximum atomic E-state index is 15.0. The van der Waals surface area contributed by atoms with Gasteiger partial charge in [-0.25, -0.2) is 9.37 Å². The molecule has 0 saturated heterocycles. The largest absolute Gasteiger partial charge is 0.586 e. The number of alkyl halides is 2. The van der Waals surface area contributed by atoms with Gasteiger partial charge in [0.15, 0.2) is 28.8 Å². The molecule has 0 saturated carbocycles. The summed E-state index contributed by atoms with van der Waals surface area (Å²) in [6.45, 7) is 1.19. The van der Waals surface area contributed by atoms with Gasteiger partial charge in [-0.3, -0.25) is 9.48 Å². The molecule has 9 nitrogen and oxygen atoms in total. The highest BCUT2D eigenvalue weighted by atomic mass is 32.2. The van der Waals surface area contributed by atoms with Crippen molar-refractivity contribution >= 4 is 17.7 Å². The van der Waals surface area contributed by atoms with Gasteiger partial charge in [0.25, 0.3) is 5.91 Å². The van der Waals surface area contributed by atoms with E-state index in [2.05, 4.69) is 19.6 Å². The number of primary amides is 1. The minimum atomic E-state index is -3.79. The fraction of sp³-hybridized carbons (Fsp3) is 0.167. The van der Waals surface area contributed by atoms with Crippen molar-refractivity contribution in [3.8, 4) is 56.5 Å². The summed E-state index contributed by atoms with van der Waals surface area (Å²) in [4.78, 5) is 17.0. The van der Waals surface area contributed by atoms with Crippen LogP contribution in [0.1, 0.15) is 21.9 Å². The number of aromatic nitrogens is 3. The standard InChI is InChI=1S/C30H23F3N4O5S/c1-14-35-27(16-5-7-24-25(10-16)42-30(32,33)41-24)28(40-14)19-8-15(17-9-21(31)20(13-38)26(11-17)43-3)4-6-18(19)23-12-22(29(34)39)36-37(23)2/h4-12,38H,13H2,1-3H3,(H2,34,39). The van der Waals surface area contributed by atoms with E-state index in [1.54, 1.807) is 50.6 Å². The first kappa shape index (κ1) is 28.4. The molecule has 0 unspecified atom stereocenters. The van der Waals surface area contributed by atoms with Crippen molar-refractivity contribution in [1.29, 1.82) is 0 Å². The van der Waals surface area contributed by atoms with Crippen LogP contribution < -0.4 is 15.2 Å². The lowest BCUT2D eigenvalue weighted by molar-refractivity contribution is -0.286. The zero-order chi connectivity index (χ0) is 30.6. The van der Waals surface area contributed by atoms with Crippen LogP contribution >= 0.6 is 11.8 Å². The monoisotopic (exact) mass is 608 g/mol.